The SMILES string of the molecule is CC1CCC(C)N(Cc2ccc(Br)cn2)C1. The maximum Gasteiger partial charge on any atom is 0.0544 e. The molecule has 0 amide bonds. The Morgan fingerprint density at radius 3 is 2.88 bits per heavy atom. The van der Waals surface area contributed by atoms with Crippen molar-refractivity contribution in [2.45, 2.75) is 39.3 Å². The highest BCUT2D eigenvalue weighted by molar-refractivity contribution is 9.10. The van der Waals surface area contributed by atoms with Crippen LogP contribution in [-0.2, 0) is 6.54 Å². The average molecular weight is 283 g/mol. The van der Waals surface area contributed by atoms with Crippen molar-refractivity contribution >= 4 is 15.9 Å². The Morgan fingerprint density at radius 2 is 2.19 bits per heavy atom. The predicted molar refractivity (Wildman–Crippen MR) is 70.2 cm³/mol. The third kappa shape index (κ3) is 3.05. The highest BCUT2D eigenvalue weighted by Crippen LogP contribution is 2.22. The van der Waals surface area contributed by atoms with Crippen LogP contribution >= 0.6 is 15.9 Å². The molecule has 0 bridgehead atoms. The van der Waals surface area contributed by atoms with Crippen LogP contribution in [0, 0.1) is 5.92 Å². The molecule has 1 aromatic rings. The number of halogens is 1. The number of likely N-dealkylation sites (tertiary alicyclic amines) is 1. The fourth-order valence-corrected chi connectivity index (χ4v) is 2.54. The summed E-state index contributed by atoms with van der Waals surface area (Å²) in [6.07, 6.45) is 4.57. The maximum atomic E-state index is 4.44. The number of hydrogen-bond acceptors (Lipinski definition) is 2. The van der Waals surface area contributed by atoms with Gasteiger partial charge in [0.05, 0.1) is 5.69 Å². The quantitative estimate of drug-likeness (QED) is 0.826. The summed E-state index contributed by atoms with van der Waals surface area (Å²) in [4.78, 5) is 6.99. The first-order chi connectivity index (χ1) is 7.65. The van der Waals surface area contributed by atoms with Crippen LogP contribution in [0.4, 0.5) is 0 Å². The van der Waals surface area contributed by atoms with Crippen molar-refractivity contribution in [2.75, 3.05) is 6.54 Å². The van der Waals surface area contributed by atoms with Crippen LogP contribution < -0.4 is 0 Å². The maximum absolute atomic E-state index is 4.44. The van der Waals surface area contributed by atoms with Gasteiger partial charge in [0.15, 0.2) is 0 Å². The minimum absolute atomic E-state index is 0.696. The second kappa shape index (κ2) is 5.28. The molecule has 0 aromatic carbocycles. The Balaban J connectivity index is 2.00. The molecule has 0 spiro atoms. The summed E-state index contributed by atoms with van der Waals surface area (Å²) in [6, 6.07) is 4.87. The number of hydrogen-bond donors (Lipinski definition) is 0. The first-order valence-electron chi connectivity index (χ1n) is 5.99. The van der Waals surface area contributed by atoms with Crippen LogP contribution in [0.15, 0.2) is 22.8 Å². The lowest BCUT2D eigenvalue weighted by Crippen LogP contribution is -2.40. The molecule has 0 saturated carbocycles. The molecule has 16 heavy (non-hydrogen) atoms. The summed E-state index contributed by atoms with van der Waals surface area (Å²) >= 11 is 3.42. The van der Waals surface area contributed by atoms with Gasteiger partial charge in [0.25, 0.3) is 0 Å². The van der Waals surface area contributed by atoms with Crippen LogP contribution in [0.5, 0.6) is 0 Å². The number of nitrogens with zero attached hydrogens (tertiary/aromatic N) is 2. The smallest absolute Gasteiger partial charge is 0.0544 e. The molecule has 1 aromatic heterocycles. The Bertz CT molecular complexity index is 336. The van der Waals surface area contributed by atoms with Gasteiger partial charge in [-0.05, 0) is 53.7 Å². The van der Waals surface area contributed by atoms with Crippen molar-refractivity contribution in [1.29, 1.82) is 0 Å². The molecule has 1 fully saturated rings. The fourth-order valence-electron chi connectivity index (χ4n) is 2.31. The van der Waals surface area contributed by atoms with Crippen LogP contribution in [0.2, 0.25) is 0 Å². The summed E-state index contributed by atoms with van der Waals surface area (Å²) in [6.45, 7) is 6.86. The molecule has 2 atom stereocenters. The minimum atomic E-state index is 0.696. The Labute approximate surface area is 106 Å². The predicted octanol–water partition coefficient (Wildman–Crippen LogP) is 3.46. The average Bonchev–Trinajstić information content (AvgIpc) is 2.27. The van der Waals surface area contributed by atoms with Gasteiger partial charge < -0.3 is 0 Å². The summed E-state index contributed by atoms with van der Waals surface area (Å²) < 4.78 is 1.05. The largest absolute Gasteiger partial charge is 0.295 e. The normalized spacial score (nSPS) is 26.9. The summed E-state index contributed by atoms with van der Waals surface area (Å²) in [5.74, 6) is 0.826. The van der Waals surface area contributed by atoms with Gasteiger partial charge >= 0.3 is 0 Å². The van der Waals surface area contributed by atoms with Gasteiger partial charge in [-0.2, -0.15) is 0 Å². The van der Waals surface area contributed by atoms with Gasteiger partial charge in [-0.3, -0.25) is 9.88 Å². The minimum Gasteiger partial charge on any atom is -0.295 e. The second-order valence-electron chi connectivity index (χ2n) is 4.93. The highest BCUT2D eigenvalue weighted by atomic mass is 79.9. The number of pyridine rings is 1. The lowest BCUT2D eigenvalue weighted by molar-refractivity contribution is 0.116. The lowest BCUT2D eigenvalue weighted by atomic mass is 9.95. The zero-order valence-electron chi connectivity index (χ0n) is 9.99. The molecule has 2 nitrogen and oxygen atoms in total. The Morgan fingerprint density at radius 1 is 1.38 bits per heavy atom. The molecule has 3 heteroatoms. The van der Waals surface area contributed by atoms with E-state index in [-0.39, 0.29) is 0 Å². The number of rotatable bonds is 2. The monoisotopic (exact) mass is 282 g/mol. The van der Waals surface area contributed by atoms with Gasteiger partial charge in [0, 0.05) is 29.8 Å². The molecule has 2 rings (SSSR count). The number of aromatic nitrogens is 1. The van der Waals surface area contributed by atoms with Gasteiger partial charge in [-0.15, -0.1) is 0 Å². The standard InChI is InChI=1S/C13H19BrN2/c1-10-3-4-11(2)16(8-10)9-13-6-5-12(14)7-15-13/h5-7,10-11H,3-4,8-9H2,1-2H3. The Hall–Kier alpha value is -0.410. The van der Waals surface area contributed by atoms with Crippen molar-refractivity contribution in [3.8, 4) is 0 Å². The van der Waals surface area contributed by atoms with Gasteiger partial charge in [0.2, 0.25) is 0 Å². The van der Waals surface area contributed by atoms with Crippen molar-refractivity contribution in [3.05, 3.63) is 28.5 Å². The van der Waals surface area contributed by atoms with Crippen molar-refractivity contribution < 1.29 is 0 Å². The third-order valence-electron chi connectivity index (χ3n) is 3.40. The molecular weight excluding hydrogens is 264 g/mol. The van der Waals surface area contributed by atoms with Gasteiger partial charge in [0.1, 0.15) is 0 Å². The van der Waals surface area contributed by atoms with Crippen molar-refractivity contribution in [3.63, 3.8) is 0 Å². The van der Waals surface area contributed by atoms with Gasteiger partial charge in [-0.1, -0.05) is 6.92 Å². The molecule has 0 N–H and O–H groups in total. The van der Waals surface area contributed by atoms with Crippen LogP contribution in [0.3, 0.4) is 0 Å². The topological polar surface area (TPSA) is 16.1 Å². The van der Waals surface area contributed by atoms with E-state index in [1.54, 1.807) is 0 Å². The van der Waals surface area contributed by atoms with E-state index in [1.807, 2.05) is 6.20 Å². The molecule has 2 heterocycles. The fraction of sp³-hybridized carbons (Fsp3) is 0.615. The van der Waals surface area contributed by atoms with E-state index in [0.717, 1.165) is 16.9 Å². The first-order valence-corrected chi connectivity index (χ1v) is 6.79. The van der Waals surface area contributed by atoms with E-state index in [0.29, 0.717) is 6.04 Å². The van der Waals surface area contributed by atoms with Crippen molar-refractivity contribution in [2.24, 2.45) is 5.92 Å². The first kappa shape index (κ1) is 12.1. The zero-order valence-corrected chi connectivity index (χ0v) is 11.6. The molecule has 0 radical (unpaired) electrons. The molecule has 1 aliphatic rings. The van der Waals surface area contributed by atoms with Crippen LogP contribution in [0.25, 0.3) is 0 Å². The summed E-state index contributed by atoms with van der Waals surface area (Å²) in [5, 5.41) is 0. The van der Waals surface area contributed by atoms with Crippen molar-refractivity contribution in [1.82, 2.24) is 9.88 Å². The van der Waals surface area contributed by atoms with E-state index >= 15 is 0 Å². The van der Waals surface area contributed by atoms with E-state index in [1.165, 1.54) is 25.1 Å². The third-order valence-corrected chi connectivity index (χ3v) is 3.87. The summed E-state index contributed by atoms with van der Waals surface area (Å²) in [7, 11) is 0. The van der Waals surface area contributed by atoms with E-state index < -0.39 is 0 Å². The molecule has 88 valence electrons. The zero-order chi connectivity index (χ0) is 11.5. The highest BCUT2D eigenvalue weighted by Gasteiger charge is 2.22. The summed E-state index contributed by atoms with van der Waals surface area (Å²) in [5.41, 5.74) is 1.17. The van der Waals surface area contributed by atoms with Gasteiger partial charge in [-0.25, -0.2) is 0 Å². The van der Waals surface area contributed by atoms with Crippen LogP contribution in [-0.4, -0.2) is 22.5 Å². The number of piperidine rings is 1. The molecular formula is C13H19BrN2. The van der Waals surface area contributed by atoms with E-state index in [4.69, 9.17) is 0 Å². The Kier molecular flexibility index (Phi) is 3.98. The lowest BCUT2D eigenvalue weighted by Gasteiger charge is -2.36. The van der Waals surface area contributed by atoms with Crippen LogP contribution in [0.1, 0.15) is 32.4 Å². The van der Waals surface area contributed by atoms with E-state index in [9.17, 15) is 0 Å². The molecule has 2 unspecified atom stereocenters. The second-order valence-corrected chi connectivity index (χ2v) is 5.84. The van der Waals surface area contributed by atoms with E-state index in [2.05, 4.69) is 51.8 Å². The molecule has 0 aliphatic carbocycles. The molecule has 1 saturated heterocycles. The molecule has 1 aliphatic heterocycles.